The Morgan fingerprint density at radius 1 is 1.00 bits per heavy atom. The molecule has 3 heterocycles. The summed E-state index contributed by atoms with van der Waals surface area (Å²) in [6.07, 6.45) is 2.18. The van der Waals surface area contributed by atoms with Gasteiger partial charge in [-0.1, -0.05) is 35.4 Å². The monoisotopic (exact) mass is 348 g/mol. The molecular formula is C18H16N6S. The molecule has 0 amide bonds. The van der Waals surface area contributed by atoms with Crippen LogP contribution in [0.15, 0.2) is 54.6 Å². The minimum absolute atomic E-state index is 0.228. The Morgan fingerprint density at radius 2 is 1.84 bits per heavy atom. The Kier molecular flexibility index (Phi) is 3.45. The van der Waals surface area contributed by atoms with E-state index in [1.807, 2.05) is 41.1 Å². The molecule has 25 heavy (non-hydrogen) atoms. The van der Waals surface area contributed by atoms with E-state index in [1.165, 1.54) is 4.70 Å². The van der Waals surface area contributed by atoms with Crippen molar-refractivity contribution in [2.24, 2.45) is 0 Å². The number of benzene rings is 2. The third-order valence-electron chi connectivity index (χ3n) is 4.56. The van der Waals surface area contributed by atoms with Gasteiger partial charge in [0.2, 0.25) is 0 Å². The average Bonchev–Trinajstić information content (AvgIpc) is 3.39. The predicted octanol–water partition coefficient (Wildman–Crippen LogP) is 3.61. The van der Waals surface area contributed by atoms with Gasteiger partial charge in [0.15, 0.2) is 0 Å². The molecule has 5 rings (SSSR count). The van der Waals surface area contributed by atoms with Gasteiger partial charge in [0.25, 0.3) is 5.95 Å². The number of thiazole rings is 1. The second kappa shape index (κ2) is 5.93. The number of hydrogen-bond acceptors (Lipinski definition) is 6. The molecule has 2 aromatic heterocycles. The fourth-order valence-electron chi connectivity index (χ4n) is 3.39. The van der Waals surface area contributed by atoms with E-state index in [4.69, 9.17) is 4.98 Å². The molecule has 0 saturated carbocycles. The van der Waals surface area contributed by atoms with Crippen molar-refractivity contribution in [2.75, 3.05) is 11.4 Å². The van der Waals surface area contributed by atoms with Gasteiger partial charge < -0.3 is 4.90 Å². The number of rotatable bonds is 3. The lowest BCUT2D eigenvalue weighted by Crippen LogP contribution is -2.25. The van der Waals surface area contributed by atoms with Crippen LogP contribution in [-0.4, -0.2) is 31.7 Å². The van der Waals surface area contributed by atoms with E-state index >= 15 is 0 Å². The normalized spacial score (nSPS) is 17.4. The molecular weight excluding hydrogens is 332 g/mol. The molecule has 0 bridgehead atoms. The van der Waals surface area contributed by atoms with E-state index in [1.54, 1.807) is 11.3 Å². The SMILES string of the molecule is c1ccc(-n2nnnc2N2CCCC2c2nc3ccccc3s2)cc1. The number of tetrazole rings is 1. The van der Waals surface area contributed by atoms with Crippen molar-refractivity contribution in [2.45, 2.75) is 18.9 Å². The van der Waals surface area contributed by atoms with Gasteiger partial charge in [-0.2, -0.15) is 4.68 Å². The molecule has 4 aromatic rings. The minimum atomic E-state index is 0.228. The highest BCUT2D eigenvalue weighted by atomic mass is 32.1. The van der Waals surface area contributed by atoms with Crippen LogP contribution in [0.1, 0.15) is 23.9 Å². The highest BCUT2D eigenvalue weighted by molar-refractivity contribution is 7.18. The Balaban J connectivity index is 1.55. The van der Waals surface area contributed by atoms with E-state index in [0.717, 1.165) is 41.5 Å². The number of para-hydroxylation sites is 2. The van der Waals surface area contributed by atoms with Gasteiger partial charge >= 0.3 is 0 Å². The fourth-order valence-corrected chi connectivity index (χ4v) is 4.51. The van der Waals surface area contributed by atoms with Gasteiger partial charge in [-0.25, -0.2) is 4.98 Å². The van der Waals surface area contributed by atoms with Gasteiger partial charge in [0.1, 0.15) is 5.01 Å². The van der Waals surface area contributed by atoms with E-state index in [9.17, 15) is 0 Å². The van der Waals surface area contributed by atoms with Gasteiger partial charge in [-0.3, -0.25) is 0 Å². The Morgan fingerprint density at radius 3 is 2.72 bits per heavy atom. The quantitative estimate of drug-likeness (QED) is 0.566. The summed E-state index contributed by atoms with van der Waals surface area (Å²) < 4.78 is 3.04. The van der Waals surface area contributed by atoms with Gasteiger partial charge in [-0.15, -0.1) is 11.3 Å². The third kappa shape index (κ3) is 2.47. The van der Waals surface area contributed by atoms with E-state index in [-0.39, 0.29) is 6.04 Å². The molecule has 6 nitrogen and oxygen atoms in total. The average molecular weight is 348 g/mol. The summed E-state index contributed by atoms with van der Waals surface area (Å²) in [6, 6.07) is 18.5. The summed E-state index contributed by atoms with van der Waals surface area (Å²) in [7, 11) is 0. The smallest absolute Gasteiger partial charge is 0.250 e. The van der Waals surface area contributed by atoms with Gasteiger partial charge in [0, 0.05) is 6.54 Å². The summed E-state index contributed by atoms with van der Waals surface area (Å²) in [5.41, 5.74) is 2.04. The molecule has 124 valence electrons. The van der Waals surface area contributed by atoms with Crippen LogP contribution in [0.5, 0.6) is 0 Å². The first-order valence-electron chi connectivity index (χ1n) is 8.36. The van der Waals surface area contributed by atoms with Crippen LogP contribution < -0.4 is 4.90 Å². The number of aromatic nitrogens is 5. The zero-order valence-corrected chi connectivity index (χ0v) is 14.3. The summed E-state index contributed by atoms with van der Waals surface area (Å²) in [4.78, 5) is 7.14. The molecule has 0 radical (unpaired) electrons. The zero-order chi connectivity index (χ0) is 16.6. The molecule has 1 unspecified atom stereocenters. The van der Waals surface area contributed by atoms with Crippen molar-refractivity contribution in [3.05, 3.63) is 59.6 Å². The molecule has 1 aliphatic heterocycles. The van der Waals surface area contributed by atoms with Crippen LogP contribution in [0, 0.1) is 0 Å². The van der Waals surface area contributed by atoms with E-state index in [2.05, 4.69) is 38.6 Å². The lowest BCUT2D eigenvalue weighted by atomic mass is 10.2. The second-order valence-corrected chi connectivity index (χ2v) is 7.16. The predicted molar refractivity (Wildman–Crippen MR) is 98.1 cm³/mol. The third-order valence-corrected chi connectivity index (χ3v) is 5.70. The van der Waals surface area contributed by atoms with E-state index in [0.29, 0.717) is 0 Å². The molecule has 2 aromatic carbocycles. The standard InChI is InChI=1S/C18H16N6S/c1-2-7-13(8-3-1)24-18(20-21-22-24)23-12-6-10-15(23)17-19-14-9-4-5-11-16(14)25-17/h1-5,7-9,11,15H,6,10,12H2. The van der Waals surface area contributed by atoms with Crippen LogP contribution in [0.4, 0.5) is 5.95 Å². The Hall–Kier alpha value is -2.80. The Bertz CT molecular complexity index is 976. The molecule has 1 atom stereocenters. The largest absolute Gasteiger partial charge is 0.330 e. The zero-order valence-electron chi connectivity index (χ0n) is 13.5. The van der Waals surface area contributed by atoms with Crippen LogP contribution in [0.25, 0.3) is 15.9 Å². The topological polar surface area (TPSA) is 59.7 Å². The van der Waals surface area contributed by atoms with Crippen molar-refractivity contribution in [3.8, 4) is 5.69 Å². The fraction of sp³-hybridized carbons (Fsp3) is 0.222. The lowest BCUT2D eigenvalue weighted by molar-refractivity contribution is 0.684. The number of hydrogen-bond donors (Lipinski definition) is 0. The maximum absolute atomic E-state index is 4.86. The minimum Gasteiger partial charge on any atom is -0.330 e. The van der Waals surface area contributed by atoms with Crippen molar-refractivity contribution in [1.82, 2.24) is 25.2 Å². The molecule has 0 aliphatic carbocycles. The summed E-state index contributed by atoms with van der Waals surface area (Å²) >= 11 is 1.77. The molecule has 0 N–H and O–H groups in total. The summed E-state index contributed by atoms with van der Waals surface area (Å²) in [5, 5.41) is 13.6. The first kappa shape index (κ1) is 14.5. The maximum atomic E-state index is 4.86. The van der Waals surface area contributed by atoms with Crippen molar-refractivity contribution in [1.29, 1.82) is 0 Å². The highest BCUT2D eigenvalue weighted by Gasteiger charge is 2.32. The van der Waals surface area contributed by atoms with Crippen LogP contribution in [-0.2, 0) is 0 Å². The molecule has 1 saturated heterocycles. The van der Waals surface area contributed by atoms with Crippen LogP contribution >= 0.6 is 11.3 Å². The number of nitrogens with zero attached hydrogens (tertiary/aromatic N) is 6. The lowest BCUT2D eigenvalue weighted by Gasteiger charge is -2.23. The maximum Gasteiger partial charge on any atom is 0.250 e. The summed E-state index contributed by atoms with van der Waals surface area (Å²) in [6.45, 7) is 0.938. The second-order valence-electron chi connectivity index (χ2n) is 6.10. The first-order chi connectivity index (χ1) is 12.4. The highest BCUT2D eigenvalue weighted by Crippen LogP contribution is 2.38. The molecule has 1 fully saturated rings. The first-order valence-corrected chi connectivity index (χ1v) is 9.18. The molecule has 7 heteroatoms. The number of fused-ring (bicyclic) bond motifs is 1. The Labute approximate surface area is 148 Å². The molecule has 1 aliphatic rings. The number of anilines is 1. The molecule has 0 spiro atoms. The van der Waals surface area contributed by atoms with Crippen molar-refractivity contribution in [3.63, 3.8) is 0 Å². The van der Waals surface area contributed by atoms with Gasteiger partial charge in [-0.05, 0) is 47.5 Å². The van der Waals surface area contributed by atoms with Crippen molar-refractivity contribution >= 4 is 27.5 Å². The van der Waals surface area contributed by atoms with Crippen molar-refractivity contribution < 1.29 is 0 Å². The van der Waals surface area contributed by atoms with Crippen LogP contribution in [0.3, 0.4) is 0 Å². The van der Waals surface area contributed by atoms with Crippen LogP contribution in [0.2, 0.25) is 0 Å². The summed E-state index contributed by atoms with van der Waals surface area (Å²) in [5.74, 6) is 0.785. The van der Waals surface area contributed by atoms with E-state index < -0.39 is 0 Å². The van der Waals surface area contributed by atoms with Gasteiger partial charge in [0.05, 0.1) is 21.9 Å².